The van der Waals surface area contributed by atoms with Crippen LogP contribution < -0.4 is 5.30 Å². The fraction of sp³-hybridized carbons (Fsp3) is 0.333. The normalized spacial score (nSPS) is 10.5. The predicted octanol–water partition coefficient (Wildman–Crippen LogP) is 2.22. The zero-order valence-electron chi connectivity index (χ0n) is 7.15. The summed E-state index contributed by atoms with van der Waals surface area (Å²) in [6, 6.07) is 10.7. The molecule has 0 N–H and O–H groups in total. The molecule has 0 radical (unpaired) electrons. The predicted molar refractivity (Wildman–Crippen MR) is 50.8 cm³/mol. The molecule has 0 aliphatic heterocycles. The van der Waals surface area contributed by atoms with E-state index in [1.165, 1.54) is 5.30 Å². The van der Waals surface area contributed by atoms with E-state index in [4.69, 9.17) is 0 Å². The van der Waals surface area contributed by atoms with Crippen molar-refractivity contribution < 1.29 is 21.1 Å². The zero-order valence-corrected chi connectivity index (χ0v) is 10.3. The van der Waals surface area contributed by atoms with Crippen LogP contribution in [0.15, 0.2) is 30.3 Å². The molecule has 0 heterocycles. The quantitative estimate of drug-likeness (QED) is 0.683. The third kappa shape index (κ3) is 3.50. The number of hydrogen-bond acceptors (Lipinski definition) is 0. The van der Waals surface area contributed by atoms with Gasteiger partial charge in [0.1, 0.15) is 0 Å². The second kappa shape index (κ2) is 4.39. The van der Waals surface area contributed by atoms with Crippen LogP contribution in [-0.2, 0) is 21.1 Å². The van der Waals surface area contributed by atoms with Crippen LogP contribution in [0.3, 0.4) is 0 Å². The van der Waals surface area contributed by atoms with E-state index in [1.807, 2.05) is 0 Å². The number of benzene rings is 1. The number of rotatable bonds is 1. The summed E-state index contributed by atoms with van der Waals surface area (Å²) in [5.74, 6) is 0. The van der Waals surface area contributed by atoms with E-state index in [-0.39, 0.29) is 21.1 Å². The maximum atomic E-state index is 2.34. The Morgan fingerprint density at radius 1 is 0.909 bits per heavy atom. The van der Waals surface area contributed by atoms with Gasteiger partial charge >= 0.3 is 0 Å². The van der Waals surface area contributed by atoms with Crippen molar-refractivity contribution in [3.05, 3.63) is 30.3 Å². The minimum atomic E-state index is -0.768. The smallest absolute Gasteiger partial charge is 0.0620 e. The Bertz CT molecular complexity index is 201. The molecule has 1 rings (SSSR count). The molecule has 0 unspecified atom stereocenters. The Kier molecular flexibility index (Phi) is 4.52. The van der Waals surface area contributed by atoms with Crippen LogP contribution >= 0.6 is 7.26 Å². The summed E-state index contributed by atoms with van der Waals surface area (Å²) >= 11 is 0. The summed E-state index contributed by atoms with van der Waals surface area (Å²) in [6.45, 7) is 7.01. The van der Waals surface area contributed by atoms with Crippen molar-refractivity contribution in [3.8, 4) is 0 Å². The maximum absolute atomic E-state index is 2.34. The minimum absolute atomic E-state index is 0. The molecule has 0 fully saturated rings. The second-order valence-electron chi connectivity index (χ2n) is 3.35. The van der Waals surface area contributed by atoms with E-state index < -0.39 is 7.26 Å². The summed E-state index contributed by atoms with van der Waals surface area (Å²) in [6.07, 6.45) is 0. The standard InChI is InChI=1S/C9H14P.Pt/c1-10(2,3)9-7-5-4-6-8-9;/h4-8H,1-3H3;/q+1;. The first-order valence-corrected chi connectivity index (χ1v) is 6.61. The Labute approximate surface area is 84.0 Å². The van der Waals surface area contributed by atoms with Crippen molar-refractivity contribution in [1.29, 1.82) is 0 Å². The van der Waals surface area contributed by atoms with E-state index >= 15 is 0 Å². The zero-order chi connectivity index (χ0) is 7.61. The minimum Gasteiger partial charge on any atom is -0.0620 e. The summed E-state index contributed by atoms with van der Waals surface area (Å²) in [5.41, 5.74) is 0. The van der Waals surface area contributed by atoms with E-state index in [9.17, 15) is 0 Å². The summed E-state index contributed by atoms with van der Waals surface area (Å²) in [7, 11) is -0.768. The van der Waals surface area contributed by atoms with Gasteiger partial charge in [-0.15, -0.1) is 0 Å². The SMILES string of the molecule is C[P+](C)(C)c1ccccc1.[Pt]. The molecule has 0 amide bonds. The molecule has 0 nitrogen and oxygen atoms in total. The third-order valence-electron chi connectivity index (χ3n) is 1.53. The van der Waals surface area contributed by atoms with Crippen molar-refractivity contribution in [2.45, 2.75) is 0 Å². The van der Waals surface area contributed by atoms with Crippen LogP contribution in [0.5, 0.6) is 0 Å². The van der Waals surface area contributed by atoms with Crippen LogP contribution in [0.2, 0.25) is 0 Å². The molecule has 0 aliphatic rings. The summed E-state index contributed by atoms with van der Waals surface area (Å²) in [4.78, 5) is 0. The topological polar surface area (TPSA) is 0 Å². The molecule has 0 saturated carbocycles. The van der Waals surface area contributed by atoms with Crippen molar-refractivity contribution in [1.82, 2.24) is 0 Å². The molecular weight excluding hydrogens is 334 g/mol. The van der Waals surface area contributed by atoms with Gasteiger partial charge in [0, 0.05) is 28.3 Å². The fourth-order valence-corrected chi connectivity index (χ4v) is 1.94. The first-order valence-electron chi connectivity index (χ1n) is 3.48. The van der Waals surface area contributed by atoms with Crippen molar-refractivity contribution in [2.75, 3.05) is 20.0 Å². The molecule has 11 heavy (non-hydrogen) atoms. The molecule has 0 aliphatic carbocycles. The van der Waals surface area contributed by atoms with E-state index in [0.717, 1.165) is 0 Å². The Morgan fingerprint density at radius 3 is 1.64 bits per heavy atom. The van der Waals surface area contributed by atoms with Crippen molar-refractivity contribution in [3.63, 3.8) is 0 Å². The van der Waals surface area contributed by atoms with Crippen LogP contribution in [0, 0.1) is 0 Å². The Balaban J connectivity index is 0.000001000. The molecule has 0 aromatic heterocycles. The summed E-state index contributed by atoms with van der Waals surface area (Å²) < 4.78 is 0. The second-order valence-corrected chi connectivity index (χ2v) is 7.89. The Morgan fingerprint density at radius 2 is 1.36 bits per heavy atom. The maximum Gasteiger partial charge on any atom is 0.0930 e. The van der Waals surface area contributed by atoms with Gasteiger partial charge in [-0.25, -0.2) is 0 Å². The Hall–Kier alpha value is 0.338. The van der Waals surface area contributed by atoms with E-state index in [1.54, 1.807) is 0 Å². The molecular formula is C9H14PPt+. The van der Waals surface area contributed by atoms with Gasteiger partial charge < -0.3 is 0 Å². The molecule has 1 aromatic rings. The van der Waals surface area contributed by atoms with Gasteiger partial charge in [0.15, 0.2) is 0 Å². The number of hydrogen-bond donors (Lipinski definition) is 0. The molecule has 0 atom stereocenters. The van der Waals surface area contributed by atoms with Gasteiger partial charge in [-0.05, 0) is 12.1 Å². The average molecular weight is 348 g/mol. The van der Waals surface area contributed by atoms with Crippen molar-refractivity contribution in [2.24, 2.45) is 0 Å². The van der Waals surface area contributed by atoms with Crippen molar-refractivity contribution >= 4 is 12.6 Å². The van der Waals surface area contributed by atoms with Crippen LogP contribution in [0.1, 0.15) is 0 Å². The van der Waals surface area contributed by atoms with Crippen LogP contribution in [0.4, 0.5) is 0 Å². The molecule has 0 spiro atoms. The molecule has 64 valence electrons. The van der Waals surface area contributed by atoms with Gasteiger partial charge in [-0.2, -0.15) is 0 Å². The van der Waals surface area contributed by atoms with Crippen LogP contribution in [0.25, 0.3) is 0 Å². The van der Waals surface area contributed by atoms with Gasteiger partial charge in [0.25, 0.3) is 0 Å². The fourth-order valence-electron chi connectivity index (χ4n) is 0.875. The van der Waals surface area contributed by atoms with E-state index in [0.29, 0.717) is 0 Å². The van der Waals surface area contributed by atoms with Gasteiger partial charge in [0.05, 0.1) is 25.3 Å². The first-order chi connectivity index (χ1) is 4.61. The van der Waals surface area contributed by atoms with Gasteiger partial charge in [-0.1, -0.05) is 18.2 Å². The van der Waals surface area contributed by atoms with Gasteiger partial charge in [-0.3, -0.25) is 0 Å². The first kappa shape index (κ1) is 11.3. The molecule has 0 bridgehead atoms. The molecule has 0 saturated heterocycles. The average Bonchev–Trinajstić information content (AvgIpc) is 1.88. The largest absolute Gasteiger partial charge is 0.0930 e. The molecule has 2 heteroatoms. The van der Waals surface area contributed by atoms with Crippen LogP contribution in [-0.4, -0.2) is 20.0 Å². The summed E-state index contributed by atoms with van der Waals surface area (Å²) in [5, 5.41) is 1.51. The van der Waals surface area contributed by atoms with Gasteiger partial charge in [0.2, 0.25) is 0 Å². The third-order valence-corrected chi connectivity index (χ3v) is 3.38. The monoisotopic (exact) mass is 348 g/mol. The molecule has 1 aromatic carbocycles. The van der Waals surface area contributed by atoms with E-state index in [2.05, 4.69) is 50.3 Å².